The van der Waals surface area contributed by atoms with Crippen LogP contribution in [0, 0.1) is 5.82 Å². The molecule has 3 unspecified atom stereocenters. The minimum Gasteiger partial charge on any atom is -0.393 e. The van der Waals surface area contributed by atoms with Crippen molar-refractivity contribution in [3.63, 3.8) is 0 Å². The van der Waals surface area contributed by atoms with Crippen LogP contribution in [0.4, 0.5) is 10.2 Å². The number of nitrogens with zero attached hydrogens (tertiary/aromatic N) is 3. The van der Waals surface area contributed by atoms with Crippen molar-refractivity contribution in [2.75, 3.05) is 5.32 Å². The van der Waals surface area contributed by atoms with Gasteiger partial charge >= 0.3 is 0 Å². The van der Waals surface area contributed by atoms with Crippen LogP contribution in [0.1, 0.15) is 39.0 Å². The summed E-state index contributed by atoms with van der Waals surface area (Å²) in [5, 5.41) is 16.7. The van der Waals surface area contributed by atoms with Gasteiger partial charge in [0.1, 0.15) is 5.65 Å². The number of hydrogen-bond acceptors (Lipinski definition) is 6. The lowest BCUT2D eigenvalue weighted by Crippen LogP contribution is -2.42. The van der Waals surface area contributed by atoms with Gasteiger partial charge in [-0.1, -0.05) is 11.6 Å². The zero-order valence-corrected chi connectivity index (χ0v) is 17.8. The molecule has 0 spiro atoms. The Morgan fingerprint density at radius 1 is 1.35 bits per heavy atom. The van der Waals surface area contributed by atoms with Crippen LogP contribution in [0.5, 0.6) is 0 Å². The summed E-state index contributed by atoms with van der Waals surface area (Å²) in [5.41, 5.74) is 1.32. The smallest absolute Gasteiger partial charge is 0.222 e. The number of fused-ring (bicyclic) bond motifs is 1. The second-order valence-electron chi connectivity index (χ2n) is 7.97. The van der Waals surface area contributed by atoms with Gasteiger partial charge in [-0.05, 0) is 38.7 Å². The average Bonchev–Trinajstić information content (AvgIpc) is 3.12. The van der Waals surface area contributed by atoms with E-state index < -0.39 is 11.9 Å². The molecule has 10 heteroatoms. The fourth-order valence-electron chi connectivity index (χ4n) is 3.96. The molecule has 1 aliphatic rings. The zero-order chi connectivity index (χ0) is 22.0. The van der Waals surface area contributed by atoms with E-state index in [1.54, 1.807) is 25.4 Å². The third-order valence-electron chi connectivity index (χ3n) is 5.34. The van der Waals surface area contributed by atoms with Crippen LogP contribution in [-0.4, -0.2) is 49.1 Å². The molecule has 8 nitrogen and oxygen atoms in total. The van der Waals surface area contributed by atoms with E-state index in [1.165, 1.54) is 0 Å². The second kappa shape index (κ2) is 9.15. The summed E-state index contributed by atoms with van der Waals surface area (Å²) < 4.78 is 14.5. The molecule has 0 bridgehead atoms. The Labute approximate surface area is 183 Å². The lowest BCUT2D eigenvalue weighted by atomic mass is 9.90. The van der Waals surface area contributed by atoms with Crippen molar-refractivity contribution in [2.24, 2.45) is 0 Å². The quantitative estimate of drug-likeness (QED) is 0.461. The average molecular weight is 447 g/mol. The van der Waals surface area contributed by atoms with E-state index in [-0.39, 0.29) is 30.2 Å². The maximum Gasteiger partial charge on any atom is 0.222 e. The number of carbonyl (C=O) groups is 1. The van der Waals surface area contributed by atoms with Crippen LogP contribution in [0.15, 0.2) is 24.7 Å². The maximum absolute atomic E-state index is 14.5. The molecule has 4 rings (SSSR count). The van der Waals surface area contributed by atoms with E-state index in [1.807, 2.05) is 0 Å². The standard InChI is InChI=1S/C21H24ClFN6O2/c1-11(30)5-18(31)27-13-3-2-4-14(7-13)28-21-17(23)10-26-20(29-21)16-9-25-19-15(16)6-12(22)8-24-19/h6,8-11,13-14,30H,2-5,7H2,1H3,(H,24,25)(H,27,31)(H,26,28,29). The number of amides is 1. The molecule has 1 amide bonds. The van der Waals surface area contributed by atoms with Crippen LogP contribution >= 0.6 is 11.6 Å². The number of carbonyl (C=O) groups excluding carboxylic acids is 1. The molecule has 1 fully saturated rings. The summed E-state index contributed by atoms with van der Waals surface area (Å²) in [6.45, 7) is 1.58. The van der Waals surface area contributed by atoms with Gasteiger partial charge in [0.05, 0.1) is 23.7 Å². The molecule has 1 saturated carbocycles. The molecule has 3 aromatic heterocycles. The Morgan fingerprint density at radius 3 is 2.97 bits per heavy atom. The van der Waals surface area contributed by atoms with Gasteiger partial charge in [0.2, 0.25) is 5.91 Å². The lowest BCUT2D eigenvalue weighted by Gasteiger charge is -2.31. The zero-order valence-electron chi connectivity index (χ0n) is 17.0. The molecule has 164 valence electrons. The number of aliphatic hydroxyl groups excluding tert-OH is 1. The van der Waals surface area contributed by atoms with Crippen LogP contribution < -0.4 is 10.6 Å². The number of aromatic nitrogens is 4. The predicted molar refractivity (Wildman–Crippen MR) is 116 cm³/mol. The van der Waals surface area contributed by atoms with Crippen molar-refractivity contribution in [1.29, 1.82) is 0 Å². The highest BCUT2D eigenvalue weighted by atomic mass is 35.5. The largest absolute Gasteiger partial charge is 0.393 e. The van der Waals surface area contributed by atoms with Crippen LogP contribution in [-0.2, 0) is 4.79 Å². The summed E-state index contributed by atoms with van der Waals surface area (Å²) >= 11 is 6.06. The molecular weight excluding hydrogens is 423 g/mol. The number of nitrogens with one attached hydrogen (secondary N) is 3. The first-order valence-electron chi connectivity index (χ1n) is 10.3. The topological polar surface area (TPSA) is 116 Å². The minimum atomic E-state index is -0.680. The van der Waals surface area contributed by atoms with Crippen molar-refractivity contribution >= 4 is 34.4 Å². The molecule has 0 radical (unpaired) electrons. The van der Waals surface area contributed by atoms with Crippen molar-refractivity contribution in [3.8, 4) is 11.4 Å². The third-order valence-corrected chi connectivity index (χ3v) is 5.55. The monoisotopic (exact) mass is 446 g/mol. The number of hydrogen-bond donors (Lipinski definition) is 4. The molecule has 3 aromatic rings. The molecule has 31 heavy (non-hydrogen) atoms. The number of aliphatic hydroxyl groups is 1. The van der Waals surface area contributed by atoms with Gasteiger partial charge in [0.15, 0.2) is 17.5 Å². The Morgan fingerprint density at radius 2 is 2.16 bits per heavy atom. The summed E-state index contributed by atoms with van der Waals surface area (Å²) in [4.78, 5) is 27.8. The van der Waals surface area contributed by atoms with Gasteiger partial charge in [-0.15, -0.1) is 0 Å². The number of H-pyrrole nitrogens is 1. The summed E-state index contributed by atoms with van der Waals surface area (Å²) in [7, 11) is 0. The van der Waals surface area contributed by atoms with Gasteiger partial charge in [-0.3, -0.25) is 4.79 Å². The maximum atomic E-state index is 14.5. The van der Waals surface area contributed by atoms with E-state index in [9.17, 15) is 14.3 Å². The fraction of sp³-hybridized carbons (Fsp3) is 0.429. The van der Waals surface area contributed by atoms with Gasteiger partial charge in [0.25, 0.3) is 0 Å². The van der Waals surface area contributed by atoms with E-state index in [0.29, 0.717) is 28.5 Å². The second-order valence-corrected chi connectivity index (χ2v) is 8.40. The first-order valence-corrected chi connectivity index (χ1v) is 10.7. The number of rotatable bonds is 6. The minimum absolute atomic E-state index is 0.0243. The molecule has 3 heterocycles. The number of aromatic amines is 1. The molecule has 1 aliphatic carbocycles. The van der Waals surface area contributed by atoms with E-state index in [4.69, 9.17) is 11.6 Å². The fourth-order valence-corrected chi connectivity index (χ4v) is 4.12. The molecule has 0 saturated heterocycles. The highest BCUT2D eigenvalue weighted by molar-refractivity contribution is 6.31. The Kier molecular flexibility index (Phi) is 6.33. The van der Waals surface area contributed by atoms with Crippen LogP contribution in [0.2, 0.25) is 5.02 Å². The Balaban J connectivity index is 1.50. The summed E-state index contributed by atoms with van der Waals surface area (Å²) in [6, 6.07) is 1.70. The normalized spacial score (nSPS) is 19.9. The predicted octanol–water partition coefficient (Wildman–Crippen LogP) is 3.42. The highest BCUT2D eigenvalue weighted by Gasteiger charge is 2.25. The van der Waals surface area contributed by atoms with Crippen molar-refractivity contribution in [3.05, 3.63) is 35.5 Å². The molecular formula is C21H24ClFN6O2. The van der Waals surface area contributed by atoms with Crippen molar-refractivity contribution in [1.82, 2.24) is 25.3 Å². The van der Waals surface area contributed by atoms with Gasteiger partial charge in [0, 0.05) is 35.4 Å². The molecule has 4 N–H and O–H groups in total. The number of halogens is 2. The van der Waals surface area contributed by atoms with E-state index >= 15 is 0 Å². The van der Waals surface area contributed by atoms with Crippen LogP contribution in [0.25, 0.3) is 22.4 Å². The molecule has 0 aliphatic heterocycles. The van der Waals surface area contributed by atoms with Crippen LogP contribution in [0.3, 0.4) is 0 Å². The summed E-state index contributed by atoms with van der Waals surface area (Å²) in [5.74, 6) is -0.241. The summed E-state index contributed by atoms with van der Waals surface area (Å²) in [6.07, 6.45) is 7.04. The van der Waals surface area contributed by atoms with Crippen molar-refractivity contribution < 1.29 is 14.3 Å². The van der Waals surface area contributed by atoms with Gasteiger partial charge < -0.3 is 20.7 Å². The highest BCUT2D eigenvalue weighted by Crippen LogP contribution is 2.29. The number of pyridine rings is 1. The van der Waals surface area contributed by atoms with E-state index in [0.717, 1.165) is 30.8 Å². The van der Waals surface area contributed by atoms with Gasteiger partial charge in [-0.25, -0.2) is 19.3 Å². The number of anilines is 1. The SMILES string of the molecule is CC(O)CC(=O)NC1CCCC(Nc2nc(-c3c[nH]c4ncc(Cl)cc34)ncc2F)C1. The molecule has 3 atom stereocenters. The Hall–Kier alpha value is -2.78. The third kappa shape index (κ3) is 5.11. The van der Waals surface area contributed by atoms with Crippen molar-refractivity contribution in [2.45, 2.75) is 57.2 Å². The van der Waals surface area contributed by atoms with Gasteiger partial charge in [-0.2, -0.15) is 0 Å². The molecule has 0 aromatic carbocycles. The first-order chi connectivity index (χ1) is 14.9. The lowest BCUT2D eigenvalue weighted by molar-refractivity contribution is -0.123. The van der Waals surface area contributed by atoms with E-state index in [2.05, 4.69) is 30.6 Å². The Bertz CT molecular complexity index is 1090. The first kappa shape index (κ1) is 21.5.